The van der Waals surface area contributed by atoms with Crippen LogP contribution in [0.2, 0.25) is 0 Å². The smallest absolute Gasteiger partial charge is 0.343 e. The minimum atomic E-state index is -3.12. The Morgan fingerprint density at radius 1 is 0.271 bits per heavy atom. The number of nitrogens with zero attached hydrogens (tertiary/aromatic N) is 1. The van der Waals surface area contributed by atoms with Crippen LogP contribution in [0.25, 0.3) is 17.7 Å². The molecule has 1 aliphatic carbocycles. The number of benzene rings is 12. The molecule has 47 heteroatoms. The molecule has 5 atom stereocenters. The van der Waals surface area contributed by atoms with E-state index in [1.54, 1.807) is 5.57 Å². The monoisotopic (exact) mass is 1990 g/mol. The molecule has 0 aromatic heterocycles. The number of carbonyl (C=O) groups excluding carboxylic acids is 10. The van der Waals surface area contributed by atoms with Crippen LogP contribution in [0.3, 0.4) is 0 Å². The molecule has 2 saturated heterocycles. The molecule has 0 saturated carbocycles. The molecular weight excluding hydrogens is 1920 g/mol. The lowest BCUT2D eigenvalue weighted by atomic mass is 9.86. The molecule has 144 heavy (non-hydrogen) atoms. The number of esters is 10. The Morgan fingerprint density at radius 2 is 0.493 bits per heavy atom. The molecule has 47 nitrogen and oxygen atoms in total. The second kappa shape index (κ2) is 40.6. The van der Waals surface area contributed by atoms with Crippen LogP contribution in [0.4, 0.5) is 0 Å². The predicted molar refractivity (Wildman–Crippen MR) is 477 cm³/mol. The lowest BCUT2D eigenvalue weighted by Crippen LogP contribution is -2.63. The molecule has 0 unspecified atom stereocenters. The first kappa shape index (κ1) is 99.7. The first-order chi connectivity index (χ1) is 68.2. The van der Waals surface area contributed by atoms with Crippen molar-refractivity contribution in [2.45, 2.75) is 43.5 Å². The standard InChI is InChI=1S/C76H52O46.C21H21N/c77-32-1-22(2-33(78)53(32)92)67(103)113-47-16-27(11-42(87)58(47)97)66(102)112-21-52-63(119-72(108)28-12-43(88)59(98)48(17-28)114-68(104)23-3-34(79)54(93)35(80)4-23)64(120-73(109)29-13-44(89)60(99)49(18-29)115-69(105)24-5-36(81)55(94)37(82)6-24)65(121-74(110)30-14-45(90)61(100)50(19-30)116-70(106)25-7-38(83)56(95)39(84)8-25)76(118-52)122-75(111)31-15-46(91)62(101)51(20-31)117-71(107)26-9-40(85)57(96)41(86)10-26;1-22-14-12-18(13-15-22)21-19-8-4-2-6-16(19)10-11-17-7-3-5-9-20(17)21/h1-20,52,63-65,76-101H,21H2;2-11H,12-15H2,1H3/t52-,63-,64+,65-,76+;/m1./s1. The highest BCUT2D eigenvalue weighted by Crippen LogP contribution is 2.49. The third kappa shape index (κ3) is 21.1. The number of fused-ring (bicyclic) bond motifs is 2. The van der Waals surface area contributed by atoms with Crippen molar-refractivity contribution in [3.8, 4) is 172 Å². The quantitative estimate of drug-likeness (QED) is 0.0138. The average Bonchev–Trinajstić information content (AvgIpc) is 1.74. The van der Waals surface area contributed by atoms with E-state index in [2.05, 4.69) is 72.6 Å². The summed E-state index contributed by atoms with van der Waals surface area (Å²) in [5, 5.41) is 261. The summed E-state index contributed by atoms with van der Waals surface area (Å²) in [4.78, 5) is 145. The van der Waals surface area contributed by atoms with Crippen LogP contribution in [0.1, 0.15) is 139 Å². The zero-order chi connectivity index (χ0) is 104. The van der Waals surface area contributed by atoms with Gasteiger partial charge in [-0.05, 0) is 169 Å². The van der Waals surface area contributed by atoms with Gasteiger partial charge in [-0.25, -0.2) is 47.9 Å². The second-order valence-electron chi connectivity index (χ2n) is 31.4. The molecule has 12 aromatic rings. The van der Waals surface area contributed by atoms with E-state index in [0.717, 1.165) is 13.1 Å². The van der Waals surface area contributed by atoms with Crippen LogP contribution < -0.4 is 23.7 Å². The number of ether oxygens (including phenoxy) is 11. The molecule has 2 fully saturated rings. The molecule has 2 aliphatic heterocycles. The van der Waals surface area contributed by atoms with Gasteiger partial charge in [-0.3, -0.25) is 0 Å². The molecule has 0 bridgehead atoms. The van der Waals surface area contributed by atoms with Gasteiger partial charge in [0.15, 0.2) is 156 Å². The van der Waals surface area contributed by atoms with E-state index in [-0.39, 0.29) is 0 Å². The fourth-order valence-corrected chi connectivity index (χ4v) is 14.4. The summed E-state index contributed by atoms with van der Waals surface area (Å²) in [6.45, 7) is 0.619. The number of piperidine rings is 1. The molecule has 2 heterocycles. The van der Waals surface area contributed by atoms with Crippen molar-refractivity contribution in [3.05, 3.63) is 253 Å². The molecule has 0 spiro atoms. The fraction of sp³-hybridized carbons (Fsp3) is 0.113. The van der Waals surface area contributed by atoms with Crippen molar-refractivity contribution in [3.63, 3.8) is 0 Å². The van der Waals surface area contributed by atoms with Crippen LogP contribution in [0.15, 0.2) is 175 Å². The summed E-state index contributed by atoms with van der Waals surface area (Å²) in [6.07, 6.45) is -8.18. The summed E-state index contributed by atoms with van der Waals surface area (Å²) >= 11 is 0. The zero-order valence-electron chi connectivity index (χ0n) is 72.9. The number of phenolic OH excluding ortho intramolecular Hbond substituents is 25. The van der Waals surface area contributed by atoms with E-state index in [0.29, 0.717) is 121 Å². The van der Waals surface area contributed by atoms with Crippen molar-refractivity contribution < 1.29 is 228 Å². The SMILES string of the molecule is CN1CCC(=C2c3ccccc3C=Cc3ccccc32)CC1.O=C(OC[C@H]1O[C@@H](OC(=O)c2cc(O)c(O)c(OC(=O)c3cc(O)c(O)c(O)c3)c2)[C@H](OC(=O)c2cc(O)c(O)c(OC(=O)c3cc(O)c(O)c(O)c3)c2)[C@@H](OC(=O)c2cc(O)c(O)c(OC(=O)c3cc(O)c(O)c(O)c3)c2)[C@@H]1OC(=O)c1cc(O)c(O)c(OC(=O)c2cc(O)c(O)c(O)c2)c1)c1cc(O)c(O)c(OC(=O)c2cc(O)c(O)c(O)c2)c1. The maximum atomic E-state index is 15.3. The lowest BCUT2D eigenvalue weighted by molar-refractivity contribution is -0.282. The highest BCUT2D eigenvalue weighted by Gasteiger charge is 2.55. The van der Waals surface area contributed by atoms with Gasteiger partial charge in [0.25, 0.3) is 0 Å². The van der Waals surface area contributed by atoms with Crippen LogP contribution in [0.5, 0.6) is 172 Å². The summed E-state index contributed by atoms with van der Waals surface area (Å²) in [5.74, 6) is -56.0. The van der Waals surface area contributed by atoms with Crippen LogP contribution in [-0.4, -0.2) is 250 Å². The van der Waals surface area contributed by atoms with E-state index in [9.17, 15) is 161 Å². The number of likely N-dealkylation sites (tertiary alicyclic amines) is 1. The predicted octanol–water partition coefficient (Wildman–Crippen LogP) is 9.54. The number of hydrogen-bond donors (Lipinski definition) is 25. The molecule has 742 valence electrons. The number of phenols is 25. The highest BCUT2D eigenvalue weighted by atomic mass is 16.8. The first-order valence-electron chi connectivity index (χ1n) is 41.3. The third-order valence-corrected chi connectivity index (χ3v) is 21.8. The number of rotatable bonds is 21. The number of hydrogen-bond acceptors (Lipinski definition) is 47. The molecule has 25 N–H and O–H groups in total. The molecule has 0 amide bonds. The Bertz CT molecular complexity index is 7220. The summed E-state index contributed by atoms with van der Waals surface area (Å²) in [5.41, 5.74) is -1.35. The van der Waals surface area contributed by atoms with Gasteiger partial charge in [0.05, 0.1) is 55.6 Å². The molecule has 15 rings (SSSR count). The van der Waals surface area contributed by atoms with Gasteiger partial charge in [0, 0.05) is 13.1 Å². The van der Waals surface area contributed by atoms with Crippen molar-refractivity contribution in [2.24, 2.45) is 0 Å². The van der Waals surface area contributed by atoms with Gasteiger partial charge < -0.3 is 185 Å². The van der Waals surface area contributed by atoms with Gasteiger partial charge in [-0.2, -0.15) is 0 Å². The topological polar surface area (TPSA) is 781 Å². The van der Waals surface area contributed by atoms with E-state index in [1.165, 1.54) is 40.7 Å². The molecule has 3 aliphatic rings. The van der Waals surface area contributed by atoms with E-state index >= 15 is 14.4 Å². The molecular formula is C97H73NO46. The fourth-order valence-electron chi connectivity index (χ4n) is 14.4. The minimum absolute atomic E-state index is 0.295. The molecule has 0 radical (unpaired) electrons. The highest BCUT2D eigenvalue weighted by molar-refractivity contribution is 6.01. The van der Waals surface area contributed by atoms with Crippen molar-refractivity contribution in [1.82, 2.24) is 4.90 Å². The summed E-state index contributed by atoms with van der Waals surface area (Å²) in [7, 11) is 2.22. The minimum Gasteiger partial charge on any atom is -0.504 e. The van der Waals surface area contributed by atoms with Gasteiger partial charge in [-0.1, -0.05) is 66.3 Å². The van der Waals surface area contributed by atoms with Gasteiger partial charge in [0.1, 0.15) is 12.7 Å². The molecule has 12 aromatic carbocycles. The van der Waals surface area contributed by atoms with Gasteiger partial charge >= 0.3 is 59.7 Å². The Labute approximate surface area is 802 Å². The van der Waals surface area contributed by atoms with Gasteiger partial charge in [-0.15, -0.1) is 0 Å². The van der Waals surface area contributed by atoms with Crippen molar-refractivity contribution >= 4 is 77.4 Å². The third-order valence-electron chi connectivity index (χ3n) is 21.8. The van der Waals surface area contributed by atoms with E-state index in [4.69, 9.17) is 52.1 Å². The van der Waals surface area contributed by atoms with Crippen LogP contribution in [-0.2, 0) is 28.4 Å². The maximum absolute atomic E-state index is 15.3. The Hall–Kier alpha value is -20.3. The summed E-state index contributed by atoms with van der Waals surface area (Å²) in [6, 6.07) is 26.2. The second-order valence-corrected chi connectivity index (χ2v) is 31.4. The van der Waals surface area contributed by atoms with Gasteiger partial charge in [0.2, 0.25) is 41.1 Å². The Balaban J connectivity index is 0.000000649. The van der Waals surface area contributed by atoms with E-state index in [1.807, 2.05) is 0 Å². The van der Waals surface area contributed by atoms with Crippen LogP contribution in [0, 0.1) is 0 Å². The Morgan fingerprint density at radius 3 is 0.764 bits per heavy atom. The number of aromatic hydroxyl groups is 25. The van der Waals surface area contributed by atoms with E-state index < -0.39 is 325 Å². The zero-order valence-corrected chi connectivity index (χ0v) is 72.9. The van der Waals surface area contributed by atoms with Crippen molar-refractivity contribution in [1.29, 1.82) is 0 Å². The lowest BCUT2D eigenvalue weighted by Gasteiger charge is -2.43. The summed E-state index contributed by atoms with van der Waals surface area (Å²) < 4.78 is 60.4. The maximum Gasteiger partial charge on any atom is 0.343 e. The number of carbonyl (C=O) groups is 10. The Kier molecular flexibility index (Phi) is 28.1. The van der Waals surface area contributed by atoms with Crippen molar-refractivity contribution in [2.75, 3.05) is 26.7 Å². The normalized spacial score (nSPS) is 15.1. The first-order valence-corrected chi connectivity index (χ1v) is 41.3. The largest absolute Gasteiger partial charge is 0.504 e. The van der Waals surface area contributed by atoms with Crippen LogP contribution >= 0.6 is 0 Å². The average molecular weight is 1990 g/mol.